The number of para-hydroxylation sites is 1. The number of amides is 1. The Bertz CT molecular complexity index is 654. The fourth-order valence-electron chi connectivity index (χ4n) is 6.48. The van der Waals surface area contributed by atoms with Crippen LogP contribution in [-0.2, 0) is 11.2 Å². The van der Waals surface area contributed by atoms with Gasteiger partial charge in [0.05, 0.1) is 5.69 Å². The Kier molecular flexibility index (Phi) is 6.73. The van der Waals surface area contributed by atoms with Crippen LogP contribution in [0.2, 0.25) is 0 Å². The molecule has 1 heterocycles. The molecule has 28 heavy (non-hydrogen) atoms. The van der Waals surface area contributed by atoms with Gasteiger partial charge in [-0.15, -0.1) is 0 Å². The summed E-state index contributed by atoms with van der Waals surface area (Å²) in [5, 5.41) is 0. The van der Waals surface area contributed by atoms with E-state index in [1.54, 1.807) is 0 Å². The zero-order valence-electron chi connectivity index (χ0n) is 18.5. The lowest BCUT2D eigenvalue weighted by atomic mass is 9.49. The van der Waals surface area contributed by atoms with E-state index < -0.39 is 0 Å². The lowest BCUT2D eigenvalue weighted by Crippen LogP contribution is -2.54. The summed E-state index contributed by atoms with van der Waals surface area (Å²) in [6, 6.07) is 8.28. The number of hydrogen-bond acceptors (Lipinski definition) is 2. The highest BCUT2D eigenvalue weighted by atomic mass is 16.6. The molecule has 0 N–H and O–H groups in total. The molecule has 6 rings (SSSR count). The number of carbonyl (C=O) groups is 1. The van der Waals surface area contributed by atoms with E-state index in [-0.39, 0.29) is 12.2 Å². The molecule has 4 aliphatic carbocycles. The monoisotopic (exact) mass is 385 g/mol. The minimum atomic E-state index is -0.107. The molecule has 3 nitrogen and oxygen atoms in total. The molecular formula is C25H39NO2. The van der Waals surface area contributed by atoms with E-state index in [4.69, 9.17) is 4.74 Å². The van der Waals surface area contributed by atoms with E-state index in [2.05, 4.69) is 25.1 Å². The number of fused-ring (bicyclic) bond motifs is 1. The van der Waals surface area contributed by atoms with Crippen molar-refractivity contribution >= 4 is 11.8 Å². The minimum absolute atomic E-state index is 0.107. The summed E-state index contributed by atoms with van der Waals surface area (Å²) in [7, 11) is 0. The van der Waals surface area contributed by atoms with Crippen LogP contribution in [0.15, 0.2) is 24.3 Å². The molecule has 1 aromatic rings. The van der Waals surface area contributed by atoms with Crippen molar-refractivity contribution in [3.8, 4) is 0 Å². The lowest BCUT2D eigenvalue weighted by Gasteiger charge is -2.58. The van der Waals surface area contributed by atoms with Gasteiger partial charge in [0.15, 0.2) is 0 Å². The Labute approximate surface area is 171 Å². The van der Waals surface area contributed by atoms with Crippen molar-refractivity contribution in [2.75, 3.05) is 11.4 Å². The summed E-state index contributed by atoms with van der Waals surface area (Å²) < 4.78 is 6.16. The standard InChI is InChI=1S/C21H27NO2.2C2H6/c1-21-11-14-9-16(12-21)19(17(10-14)13-21)24-20(23)22-8-4-6-15-5-2-3-7-18(15)22;2*1-2/h2-3,5,7,14,16-17,19H,4,6,8-13H2,1H3;2*1-2H3. The number of ether oxygens (including phenoxy) is 1. The minimum Gasteiger partial charge on any atom is -0.445 e. The first kappa shape index (κ1) is 21.2. The molecule has 2 atom stereocenters. The molecule has 0 saturated heterocycles. The predicted octanol–water partition coefficient (Wildman–Crippen LogP) is 6.84. The van der Waals surface area contributed by atoms with Crippen molar-refractivity contribution in [3.63, 3.8) is 0 Å². The predicted molar refractivity (Wildman–Crippen MR) is 117 cm³/mol. The van der Waals surface area contributed by atoms with Gasteiger partial charge in [-0.1, -0.05) is 52.8 Å². The van der Waals surface area contributed by atoms with Crippen LogP contribution in [0.4, 0.5) is 10.5 Å². The van der Waals surface area contributed by atoms with Gasteiger partial charge in [0.25, 0.3) is 0 Å². The van der Waals surface area contributed by atoms with Crippen LogP contribution in [0.3, 0.4) is 0 Å². The van der Waals surface area contributed by atoms with E-state index in [1.807, 2.05) is 38.7 Å². The second kappa shape index (κ2) is 8.88. The van der Waals surface area contributed by atoms with Crippen LogP contribution in [0, 0.1) is 23.2 Å². The molecule has 2 unspecified atom stereocenters. The molecule has 1 aliphatic heterocycles. The van der Waals surface area contributed by atoms with Gasteiger partial charge in [-0.3, -0.25) is 4.90 Å². The Morgan fingerprint density at radius 2 is 1.68 bits per heavy atom. The summed E-state index contributed by atoms with van der Waals surface area (Å²) in [4.78, 5) is 14.8. The van der Waals surface area contributed by atoms with Crippen LogP contribution in [0.1, 0.15) is 78.7 Å². The Hall–Kier alpha value is -1.51. The smallest absolute Gasteiger partial charge is 0.414 e. The van der Waals surface area contributed by atoms with Crippen molar-refractivity contribution in [1.82, 2.24) is 0 Å². The fraction of sp³-hybridized carbons (Fsp3) is 0.720. The summed E-state index contributed by atoms with van der Waals surface area (Å²) >= 11 is 0. The summed E-state index contributed by atoms with van der Waals surface area (Å²) in [6.45, 7) is 11.2. The molecule has 4 saturated carbocycles. The van der Waals surface area contributed by atoms with Crippen molar-refractivity contribution in [3.05, 3.63) is 29.8 Å². The number of benzene rings is 1. The number of aryl methyl sites for hydroxylation is 1. The van der Waals surface area contributed by atoms with Gasteiger partial charge in [-0.2, -0.15) is 0 Å². The summed E-state index contributed by atoms with van der Waals surface area (Å²) in [6.07, 6.45) is 8.63. The molecule has 4 fully saturated rings. The number of anilines is 1. The van der Waals surface area contributed by atoms with Gasteiger partial charge >= 0.3 is 6.09 Å². The molecule has 5 aliphatic rings. The first-order valence-corrected chi connectivity index (χ1v) is 11.7. The number of rotatable bonds is 1. The van der Waals surface area contributed by atoms with Crippen molar-refractivity contribution in [2.24, 2.45) is 23.2 Å². The molecule has 1 aromatic carbocycles. The fourth-order valence-corrected chi connectivity index (χ4v) is 6.48. The van der Waals surface area contributed by atoms with Gasteiger partial charge in [0.1, 0.15) is 6.10 Å². The van der Waals surface area contributed by atoms with Gasteiger partial charge in [-0.05, 0) is 79.7 Å². The lowest BCUT2D eigenvalue weighted by molar-refractivity contribution is -0.128. The second-order valence-corrected chi connectivity index (χ2v) is 9.01. The second-order valence-electron chi connectivity index (χ2n) is 9.01. The molecule has 1 amide bonds. The van der Waals surface area contributed by atoms with Gasteiger partial charge in [0, 0.05) is 6.54 Å². The molecule has 0 radical (unpaired) electrons. The quantitative estimate of drug-likeness (QED) is 0.529. The first-order chi connectivity index (χ1) is 13.6. The van der Waals surface area contributed by atoms with Gasteiger partial charge in [-0.25, -0.2) is 4.79 Å². The highest BCUT2D eigenvalue weighted by Crippen LogP contribution is 2.60. The van der Waals surface area contributed by atoms with Crippen LogP contribution in [0.25, 0.3) is 0 Å². The van der Waals surface area contributed by atoms with E-state index in [0.717, 1.165) is 31.0 Å². The Balaban J connectivity index is 0.000000531. The zero-order valence-corrected chi connectivity index (χ0v) is 18.5. The van der Waals surface area contributed by atoms with Crippen LogP contribution in [-0.4, -0.2) is 18.7 Å². The van der Waals surface area contributed by atoms with Crippen molar-refractivity contribution in [1.29, 1.82) is 0 Å². The average molecular weight is 386 g/mol. The Morgan fingerprint density at radius 1 is 1.04 bits per heavy atom. The maximum absolute atomic E-state index is 12.9. The Morgan fingerprint density at radius 3 is 2.32 bits per heavy atom. The van der Waals surface area contributed by atoms with E-state index in [0.29, 0.717) is 17.3 Å². The van der Waals surface area contributed by atoms with Crippen LogP contribution < -0.4 is 4.90 Å². The molecule has 156 valence electrons. The highest BCUT2D eigenvalue weighted by Gasteiger charge is 2.54. The number of hydrogen-bond donors (Lipinski definition) is 0. The van der Waals surface area contributed by atoms with E-state index in [1.165, 1.54) is 37.7 Å². The molecule has 4 bridgehead atoms. The molecule has 3 heteroatoms. The first-order valence-electron chi connectivity index (χ1n) is 11.7. The molecule has 0 spiro atoms. The maximum atomic E-state index is 12.9. The summed E-state index contributed by atoms with van der Waals surface area (Å²) in [5.74, 6) is 2.09. The molecule has 0 aromatic heterocycles. The highest BCUT2D eigenvalue weighted by molar-refractivity contribution is 5.89. The van der Waals surface area contributed by atoms with Crippen LogP contribution in [0.5, 0.6) is 0 Å². The topological polar surface area (TPSA) is 29.5 Å². The van der Waals surface area contributed by atoms with E-state index >= 15 is 0 Å². The van der Waals surface area contributed by atoms with Crippen molar-refractivity contribution in [2.45, 2.75) is 85.7 Å². The maximum Gasteiger partial charge on any atom is 0.414 e. The number of carbonyl (C=O) groups excluding carboxylic acids is 1. The third-order valence-corrected chi connectivity index (χ3v) is 7.06. The average Bonchev–Trinajstić information content (AvgIpc) is 2.72. The number of nitrogens with zero attached hydrogens (tertiary/aromatic N) is 1. The normalized spacial score (nSPS) is 34.4. The zero-order chi connectivity index (χ0) is 20.3. The van der Waals surface area contributed by atoms with E-state index in [9.17, 15) is 4.79 Å². The largest absolute Gasteiger partial charge is 0.445 e. The van der Waals surface area contributed by atoms with Gasteiger partial charge in [0.2, 0.25) is 0 Å². The molecular weight excluding hydrogens is 346 g/mol. The van der Waals surface area contributed by atoms with Gasteiger partial charge < -0.3 is 4.74 Å². The third kappa shape index (κ3) is 3.95. The SMILES string of the molecule is CC.CC.CC12CC3CC(C1)C(OC(=O)N1CCCc4ccccc41)C(C3)C2. The summed E-state index contributed by atoms with van der Waals surface area (Å²) in [5.41, 5.74) is 2.86. The van der Waals surface area contributed by atoms with Crippen molar-refractivity contribution < 1.29 is 9.53 Å². The van der Waals surface area contributed by atoms with Crippen LogP contribution >= 0.6 is 0 Å². The third-order valence-electron chi connectivity index (χ3n) is 7.06.